The molecule has 2 fully saturated rings. The lowest BCUT2D eigenvalue weighted by Crippen LogP contribution is -2.35. The minimum Gasteiger partial charge on any atom is -0.372 e. The van der Waals surface area contributed by atoms with E-state index in [-0.39, 0.29) is 12.1 Å². The van der Waals surface area contributed by atoms with Crippen molar-refractivity contribution in [2.75, 3.05) is 41.3 Å². The third kappa shape index (κ3) is 4.23. The molecule has 1 unspecified atom stereocenters. The Labute approximate surface area is 186 Å². The molecule has 0 spiro atoms. The number of piperidine rings is 2. The molecule has 31 heavy (non-hydrogen) atoms. The van der Waals surface area contributed by atoms with E-state index in [1.54, 1.807) is 0 Å². The molecule has 0 radical (unpaired) electrons. The summed E-state index contributed by atoms with van der Waals surface area (Å²) in [5, 5.41) is 3.58. The molecule has 1 atom stereocenters. The highest BCUT2D eigenvalue weighted by atomic mass is 16.2. The van der Waals surface area contributed by atoms with Crippen LogP contribution in [0.3, 0.4) is 0 Å². The summed E-state index contributed by atoms with van der Waals surface area (Å²) in [6.45, 7) is 7.13. The third-order valence-electron chi connectivity index (χ3n) is 7.01. The smallest absolute Gasteiger partial charge is 0.253 e. The molecule has 0 aliphatic carbocycles. The van der Waals surface area contributed by atoms with Crippen LogP contribution < -0.4 is 15.1 Å². The van der Waals surface area contributed by atoms with Gasteiger partial charge in [-0.2, -0.15) is 0 Å². The fraction of sp³-hybridized carbons (Fsp3) is 0.500. The molecule has 1 N–H and O–H groups in total. The van der Waals surface area contributed by atoms with Gasteiger partial charge in [0, 0.05) is 44.0 Å². The SMILES string of the molecule is CC1Nc2ccc(C(=O)N3CCCCC3)cc2N1Cc1cccc(N2CCCCC2)c1. The number of nitrogens with one attached hydrogen (secondary N) is 1. The molecule has 164 valence electrons. The molecule has 3 aliphatic heterocycles. The molecular weight excluding hydrogens is 384 g/mol. The maximum absolute atomic E-state index is 13.0. The van der Waals surface area contributed by atoms with Gasteiger partial charge in [-0.1, -0.05) is 12.1 Å². The maximum Gasteiger partial charge on any atom is 0.253 e. The Hall–Kier alpha value is -2.69. The largest absolute Gasteiger partial charge is 0.372 e. The Morgan fingerprint density at radius 2 is 1.68 bits per heavy atom. The molecule has 3 heterocycles. The van der Waals surface area contributed by atoms with Gasteiger partial charge in [0.1, 0.15) is 0 Å². The summed E-state index contributed by atoms with van der Waals surface area (Å²) in [7, 11) is 0. The van der Waals surface area contributed by atoms with Gasteiger partial charge in [-0.05, 0) is 81.3 Å². The van der Waals surface area contributed by atoms with E-state index in [0.29, 0.717) is 0 Å². The molecule has 5 rings (SSSR count). The lowest BCUT2D eigenvalue weighted by Gasteiger charge is -2.30. The fourth-order valence-corrected chi connectivity index (χ4v) is 5.24. The van der Waals surface area contributed by atoms with Crippen molar-refractivity contribution >= 4 is 23.0 Å². The van der Waals surface area contributed by atoms with Crippen LogP contribution in [0.4, 0.5) is 17.1 Å². The van der Waals surface area contributed by atoms with Crippen LogP contribution in [-0.4, -0.2) is 43.2 Å². The van der Waals surface area contributed by atoms with Crippen molar-refractivity contribution in [2.24, 2.45) is 0 Å². The summed E-state index contributed by atoms with van der Waals surface area (Å²) >= 11 is 0. The predicted octanol–water partition coefficient (Wildman–Crippen LogP) is 5.08. The molecule has 1 amide bonds. The number of rotatable bonds is 4. The summed E-state index contributed by atoms with van der Waals surface area (Å²) in [5.41, 5.74) is 5.72. The second-order valence-electron chi connectivity index (χ2n) is 9.25. The van der Waals surface area contributed by atoms with Gasteiger partial charge in [0.2, 0.25) is 0 Å². The summed E-state index contributed by atoms with van der Waals surface area (Å²) in [5.74, 6) is 0.175. The first kappa shape index (κ1) is 20.2. The number of hydrogen-bond acceptors (Lipinski definition) is 4. The Morgan fingerprint density at radius 1 is 0.935 bits per heavy atom. The van der Waals surface area contributed by atoms with E-state index in [1.807, 2.05) is 11.0 Å². The minimum absolute atomic E-state index is 0.175. The van der Waals surface area contributed by atoms with E-state index >= 15 is 0 Å². The maximum atomic E-state index is 13.0. The molecule has 2 aromatic rings. The van der Waals surface area contributed by atoms with E-state index in [9.17, 15) is 4.79 Å². The van der Waals surface area contributed by atoms with Crippen molar-refractivity contribution in [3.63, 3.8) is 0 Å². The Balaban J connectivity index is 1.36. The summed E-state index contributed by atoms with van der Waals surface area (Å²) in [4.78, 5) is 20.0. The van der Waals surface area contributed by atoms with E-state index in [0.717, 1.165) is 62.5 Å². The molecule has 0 aromatic heterocycles. The molecule has 5 nitrogen and oxygen atoms in total. The van der Waals surface area contributed by atoms with Gasteiger partial charge in [0.25, 0.3) is 5.91 Å². The fourth-order valence-electron chi connectivity index (χ4n) is 5.24. The van der Waals surface area contributed by atoms with Crippen LogP contribution in [0.25, 0.3) is 0 Å². The van der Waals surface area contributed by atoms with Gasteiger partial charge in [0.15, 0.2) is 0 Å². The van der Waals surface area contributed by atoms with Crippen molar-refractivity contribution in [1.29, 1.82) is 0 Å². The standard InChI is InChI=1S/C26H34N4O/c1-20-27-24-12-11-22(26(31)29-15-6-3-7-16-29)18-25(24)30(20)19-21-9-8-10-23(17-21)28-13-4-2-5-14-28/h8-12,17-18,20,27H,2-7,13-16,19H2,1H3. The molecule has 0 bridgehead atoms. The normalized spacial score (nSPS) is 21.1. The first-order valence-corrected chi connectivity index (χ1v) is 12.0. The van der Waals surface area contributed by atoms with Gasteiger partial charge in [-0.15, -0.1) is 0 Å². The zero-order chi connectivity index (χ0) is 21.2. The van der Waals surface area contributed by atoms with E-state index in [1.165, 1.54) is 36.9 Å². The zero-order valence-electron chi connectivity index (χ0n) is 18.6. The first-order valence-electron chi connectivity index (χ1n) is 12.0. The molecular formula is C26H34N4O. The second-order valence-corrected chi connectivity index (χ2v) is 9.25. The van der Waals surface area contributed by atoms with Crippen LogP contribution in [0, 0.1) is 0 Å². The van der Waals surface area contributed by atoms with E-state index in [2.05, 4.69) is 58.4 Å². The number of hydrogen-bond donors (Lipinski definition) is 1. The second kappa shape index (κ2) is 8.81. The predicted molar refractivity (Wildman–Crippen MR) is 128 cm³/mol. The average molecular weight is 419 g/mol. The highest BCUT2D eigenvalue weighted by molar-refractivity contribution is 5.97. The summed E-state index contributed by atoms with van der Waals surface area (Å²) in [6, 6.07) is 15.1. The molecule has 2 aromatic carbocycles. The Morgan fingerprint density at radius 3 is 2.45 bits per heavy atom. The van der Waals surface area contributed by atoms with Crippen LogP contribution in [-0.2, 0) is 6.54 Å². The highest BCUT2D eigenvalue weighted by Crippen LogP contribution is 2.37. The van der Waals surface area contributed by atoms with Crippen LogP contribution in [0.2, 0.25) is 0 Å². The topological polar surface area (TPSA) is 38.8 Å². The van der Waals surface area contributed by atoms with Crippen LogP contribution >= 0.6 is 0 Å². The van der Waals surface area contributed by atoms with Crippen molar-refractivity contribution in [3.8, 4) is 0 Å². The number of likely N-dealkylation sites (tertiary alicyclic amines) is 1. The summed E-state index contributed by atoms with van der Waals surface area (Å²) in [6.07, 6.45) is 7.61. The van der Waals surface area contributed by atoms with Crippen LogP contribution in [0.1, 0.15) is 61.4 Å². The highest BCUT2D eigenvalue weighted by Gasteiger charge is 2.28. The van der Waals surface area contributed by atoms with E-state index in [4.69, 9.17) is 0 Å². The van der Waals surface area contributed by atoms with Gasteiger partial charge >= 0.3 is 0 Å². The quantitative estimate of drug-likeness (QED) is 0.751. The lowest BCUT2D eigenvalue weighted by atomic mass is 10.1. The molecule has 5 heteroatoms. The number of carbonyl (C=O) groups excluding carboxylic acids is 1. The number of amides is 1. The summed E-state index contributed by atoms with van der Waals surface area (Å²) < 4.78 is 0. The molecule has 2 saturated heterocycles. The average Bonchev–Trinajstić information content (AvgIpc) is 3.14. The van der Waals surface area contributed by atoms with Gasteiger partial charge in [0.05, 0.1) is 17.5 Å². The number of nitrogens with zero attached hydrogens (tertiary/aromatic N) is 3. The van der Waals surface area contributed by atoms with Gasteiger partial charge < -0.3 is 20.0 Å². The molecule has 3 aliphatic rings. The Kier molecular flexibility index (Phi) is 5.75. The zero-order valence-corrected chi connectivity index (χ0v) is 18.6. The van der Waals surface area contributed by atoms with E-state index < -0.39 is 0 Å². The number of benzene rings is 2. The number of anilines is 3. The number of fused-ring (bicyclic) bond motifs is 1. The van der Waals surface area contributed by atoms with Crippen molar-refractivity contribution in [3.05, 3.63) is 53.6 Å². The van der Waals surface area contributed by atoms with Crippen molar-refractivity contribution < 1.29 is 4.79 Å². The van der Waals surface area contributed by atoms with Crippen molar-refractivity contribution in [1.82, 2.24) is 4.90 Å². The van der Waals surface area contributed by atoms with Crippen LogP contribution in [0.5, 0.6) is 0 Å². The molecule has 0 saturated carbocycles. The van der Waals surface area contributed by atoms with Crippen LogP contribution in [0.15, 0.2) is 42.5 Å². The first-order chi connectivity index (χ1) is 15.2. The minimum atomic E-state index is 0.175. The Bertz CT molecular complexity index is 931. The number of carbonyl (C=O) groups is 1. The van der Waals surface area contributed by atoms with Gasteiger partial charge in [-0.25, -0.2) is 0 Å². The van der Waals surface area contributed by atoms with Gasteiger partial charge in [-0.3, -0.25) is 4.79 Å². The van der Waals surface area contributed by atoms with Crippen molar-refractivity contribution in [2.45, 2.75) is 58.2 Å². The monoisotopic (exact) mass is 418 g/mol. The lowest BCUT2D eigenvalue weighted by molar-refractivity contribution is 0.0724. The third-order valence-corrected chi connectivity index (χ3v) is 7.01.